The van der Waals surface area contributed by atoms with Crippen molar-refractivity contribution in [3.63, 3.8) is 0 Å². The molecule has 5 rings (SSSR count). The summed E-state index contributed by atoms with van der Waals surface area (Å²) >= 11 is 0. The van der Waals surface area contributed by atoms with Crippen molar-refractivity contribution in [3.05, 3.63) is 29.8 Å². The molecule has 4 fully saturated rings. The zero-order chi connectivity index (χ0) is 21.3. The fourth-order valence-corrected chi connectivity index (χ4v) is 8.36. The number of carbonyl (C=O) groups excluding carboxylic acids is 1. The first kappa shape index (κ1) is 20.4. The first-order chi connectivity index (χ1) is 14.2. The van der Waals surface area contributed by atoms with Gasteiger partial charge in [-0.05, 0) is 92.1 Å². The topological polar surface area (TPSA) is 29.5 Å². The molecule has 1 aliphatic heterocycles. The van der Waals surface area contributed by atoms with E-state index in [0.717, 1.165) is 36.3 Å². The molecule has 4 aliphatic rings. The minimum absolute atomic E-state index is 0.289. The van der Waals surface area contributed by atoms with Gasteiger partial charge < -0.3 is 9.64 Å². The molecule has 0 aromatic heterocycles. The Kier molecular flexibility index (Phi) is 4.76. The van der Waals surface area contributed by atoms with E-state index in [1.807, 2.05) is 0 Å². The third-order valence-corrected chi connectivity index (χ3v) is 9.98. The minimum atomic E-state index is 0.289. The van der Waals surface area contributed by atoms with Crippen LogP contribution in [0, 0.1) is 41.4 Å². The third kappa shape index (κ3) is 3.02. The van der Waals surface area contributed by atoms with Gasteiger partial charge in [0.15, 0.2) is 0 Å². The van der Waals surface area contributed by atoms with Crippen LogP contribution in [0.3, 0.4) is 0 Å². The highest BCUT2D eigenvalue weighted by Crippen LogP contribution is 2.66. The number of carbonyl (C=O) groups is 1. The summed E-state index contributed by atoms with van der Waals surface area (Å²) in [6, 6.07) is 9.00. The number of ether oxygens (including phenoxy) is 1. The van der Waals surface area contributed by atoms with E-state index >= 15 is 0 Å². The normalized spacial score (nSPS) is 45.5. The molecule has 3 heteroatoms. The Balaban J connectivity index is 1.39. The molecule has 1 aromatic rings. The maximum Gasteiger partial charge on any atom is 0.222 e. The van der Waals surface area contributed by atoms with Crippen LogP contribution >= 0.6 is 0 Å². The van der Waals surface area contributed by atoms with Crippen LogP contribution in [0.15, 0.2) is 24.3 Å². The van der Waals surface area contributed by atoms with E-state index in [4.69, 9.17) is 4.74 Å². The van der Waals surface area contributed by atoms with Gasteiger partial charge in [0.2, 0.25) is 5.91 Å². The lowest BCUT2D eigenvalue weighted by Crippen LogP contribution is -2.62. The number of nitrogens with zero attached hydrogens (tertiary/aromatic N) is 1. The quantitative estimate of drug-likeness (QED) is 0.613. The van der Waals surface area contributed by atoms with Gasteiger partial charge in [-0.1, -0.05) is 38.5 Å². The average Bonchev–Trinajstić information content (AvgIpc) is 3.04. The monoisotopic (exact) mass is 409 g/mol. The number of amides is 1. The molecule has 0 unspecified atom stereocenters. The Hall–Kier alpha value is -1.51. The van der Waals surface area contributed by atoms with Crippen molar-refractivity contribution in [2.24, 2.45) is 34.5 Å². The molecule has 1 heterocycles. The van der Waals surface area contributed by atoms with Gasteiger partial charge in [0.25, 0.3) is 0 Å². The third-order valence-electron chi connectivity index (χ3n) is 9.98. The van der Waals surface area contributed by atoms with Crippen molar-refractivity contribution < 1.29 is 9.53 Å². The van der Waals surface area contributed by atoms with Crippen molar-refractivity contribution in [3.8, 4) is 5.75 Å². The number of hydrogen-bond donors (Lipinski definition) is 0. The van der Waals surface area contributed by atoms with Crippen molar-refractivity contribution in [1.82, 2.24) is 4.90 Å². The molecule has 8 atom stereocenters. The molecule has 3 aliphatic carbocycles. The summed E-state index contributed by atoms with van der Waals surface area (Å²) in [5, 5.41) is 0. The second-order valence-electron chi connectivity index (χ2n) is 11.7. The molecule has 3 nitrogen and oxygen atoms in total. The molecule has 1 aromatic carbocycles. The SMILES string of the molecule is Cc1ccc(O[C@H]2C[C@H]3[C@@H]4[C@@H](C)C[C@H]5N(C)C(=O)CC[C@]5(C)[C@H]4CC[C@]3(C)C2)cc1. The van der Waals surface area contributed by atoms with Gasteiger partial charge in [-0.25, -0.2) is 0 Å². The number of piperidine rings is 1. The van der Waals surface area contributed by atoms with Crippen LogP contribution in [0.4, 0.5) is 0 Å². The highest BCUT2D eigenvalue weighted by atomic mass is 16.5. The van der Waals surface area contributed by atoms with Gasteiger partial charge in [-0.3, -0.25) is 4.79 Å². The Morgan fingerprint density at radius 3 is 2.53 bits per heavy atom. The van der Waals surface area contributed by atoms with Gasteiger partial charge in [0.1, 0.15) is 5.75 Å². The zero-order valence-electron chi connectivity index (χ0n) is 19.5. The number of benzene rings is 1. The van der Waals surface area contributed by atoms with Crippen molar-refractivity contribution >= 4 is 5.91 Å². The highest BCUT2D eigenvalue weighted by Gasteiger charge is 2.62. The number of likely N-dealkylation sites (tertiary alicyclic amines) is 1. The molecule has 0 bridgehead atoms. The second kappa shape index (κ2) is 7.00. The Morgan fingerprint density at radius 2 is 1.80 bits per heavy atom. The maximum atomic E-state index is 12.4. The molecule has 1 amide bonds. The molecule has 3 saturated carbocycles. The van der Waals surface area contributed by atoms with Gasteiger partial charge in [-0.2, -0.15) is 0 Å². The van der Waals surface area contributed by atoms with Crippen LogP contribution in [0.1, 0.15) is 71.3 Å². The molecular weight excluding hydrogens is 370 g/mol. The van der Waals surface area contributed by atoms with Crippen LogP contribution in [0.5, 0.6) is 5.75 Å². The Morgan fingerprint density at radius 1 is 1.07 bits per heavy atom. The van der Waals surface area contributed by atoms with E-state index in [1.165, 1.54) is 37.7 Å². The molecule has 0 spiro atoms. The van der Waals surface area contributed by atoms with Crippen molar-refractivity contribution in [2.45, 2.75) is 84.8 Å². The first-order valence-corrected chi connectivity index (χ1v) is 12.2. The summed E-state index contributed by atoms with van der Waals surface area (Å²) in [4.78, 5) is 14.6. The molecular formula is C27H39NO2. The predicted octanol–water partition coefficient (Wildman–Crippen LogP) is 5.85. The van der Waals surface area contributed by atoms with Crippen LogP contribution in [-0.4, -0.2) is 30.0 Å². The van der Waals surface area contributed by atoms with Crippen LogP contribution < -0.4 is 4.74 Å². The van der Waals surface area contributed by atoms with E-state index in [-0.39, 0.29) is 5.41 Å². The van der Waals surface area contributed by atoms with E-state index in [2.05, 4.69) is 63.9 Å². The van der Waals surface area contributed by atoms with Crippen molar-refractivity contribution in [2.75, 3.05) is 7.05 Å². The number of hydrogen-bond acceptors (Lipinski definition) is 2. The fraction of sp³-hybridized carbons (Fsp3) is 0.741. The number of aryl methyl sites for hydroxylation is 1. The molecule has 1 saturated heterocycles. The first-order valence-electron chi connectivity index (χ1n) is 12.2. The van der Waals surface area contributed by atoms with E-state index in [9.17, 15) is 4.79 Å². The maximum absolute atomic E-state index is 12.4. The van der Waals surface area contributed by atoms with Crippen LogP contribution in [-0.2, 0) is 4.79 Å². The summed E-state index contributed by atoms with van der Waals surface area (Å²) in [6.45, 7) is 9.67. The molecule has 0 radical (unpaired) electrons. The molecule has 0 N–H and O–H groups in total. The van der Waals surface area contributed by atoms with Crippen LogP contribution in [0.25, 0.3) is 0 Å². The number of rotatable bonds is 2. The lowest BCUT2D eigenvalue weighted by molar-refractivity contribution is -0.164. The van der Waals surface area contributed by atoms with E-state index < -0.39 is 0 Å². The smallest absolute Gasteiger partial charge is 0.222 e. The summed E-state index contributed by atoms with van der Waals surface area (Å²) in [7, 11) is 2.06. The molecule has 30 heavy (non-hydrogen) atoms. The summed E-state index contributed by atoms with van der Waals surface area (Å²) in [6.07, 6.45) is 8.38. The summed E-state index contributed by atoms with van der Waals surface area (Å²) in [5.41, 5.74) is 1.98. The van der Waals surface area contributed by atoms with Gasteiger partial charge >= 0.3 is 0 Å². The minimum Gasteiger partial charge on any atom is -0.490 e. The van der Waals surface area contributed by atoms with Gasteiger partial charge in [0.05, 0.1) is 6.10 Å². The van der Waals surface area contributed by atoms with Gasteiger partial charge in [-0.15, -0.1) is 0 Å². The zero-order valence-corrected chi connectivity index (χ0v) is 19.5. The average molecular weight is 410 g/mol. The summed E-state index contributed by atoms with van der Waals surface area (Å²) in [5.74, 6) is 4.35. The number of fused-ring (bicyclic) bond motifs is 5. The van der Waals surface area contributed by atoms with Gasteiger partial charge in [0, 0.05) is 19.5 Å². The predicted molar refractivity (Wildman–Crippen MR) is 120 cm³/mol. The van der Waals surface area contributed by atoms with Crippen molar-refractivity contribution in [1.29, 1.82) is 0 Å². The van der Waals surface area contributed by atoms with E-state index in [1.54, 1.807) is 0 Å². The van der Waals surface area contributed by atoms with E-state index in [0.29, 0.717) is 29.4 Å². The Bertz CT molecular complexity index is 819. The summed E-state index contributed by atoms with van der Waals surface area (Å²) < 4.78 is 6.51. The fourth-order valence-electron chi connectivity index (χ4n) is 8.36. The lowest BCUT2D eigenvalue weighted by Gasteiger charge is -2.63. The largest absolute Gasteiger partial charge is 0.490 e. The van der Waals surface area contributed by atoms with Crippen LogP contribution in [0.2, 0.25) is 0 Å². The second-order valence-corrected chi connectivity index (χ2v) is 11.7. The lowest BCUT2D eigenvalue weighted by atomic mass is 9.45. The highest BCUT2D eigenvalue weighted by molar-refractivity contribution is 5.77. The Labute approximate surface area is 182 Å². The molecule has 164 valence electrons. The standard InChI is InChI=1S/C27H39NO2/c1-17-6-8-19(9-7-17)30-20-15-22-25-18(2)14-23-27(4,13-11-24(29)28(23)5)21(25)10-12-26(22,3)16-20/h6-9,18,20-23,25H,10-16H2,1-5H3/t18-,20-,21-,22-,23+,25+,26+,27+/m0/s1.